The zero-order chi connectivity index (χ0) is 14.5. The van der Waals surface area contributed by atoms with Crippen LogP contribution in [0.3, 0.4) is 0 Å². The van der Waals surface area contributed by atoms with Crippen molar-refractivity contribution in [2.24, 2.45) is 0 Å². The first-order valence-corrected chi connectivity index (χ1v) is 6.64. The van der Waals surface area contributed by atoms with Crippen LogP contribution in [0.15, 0.2) is 30.5 Å². The molecule has 0 unspecified atom stereocenters. The van der Waals surface area contributed by atoms with Gasteiger partial charge in [-0.05, 0) is 37.4 Å². The lowest BCUT2D eigenvalue weighted by atomic mass is 10.1. The van der Waals surface area contributed by atoms with Gasteiger partial charge < -0.3 is 14.7 Å². The first kappa shape index (κ1) is 14.1. The minimum Gasteiger partial charge on any atom is -0.508 e. The number of carbonyl (C=O) groups is 1. The molecule has 0 amide bonds. The summed E-state index contributed by atoms with van der Waals surface area (Å²) in [6.07, 6.45) is 1.70. The number of nitrogens with zero attached hydrogens (tertiary/aromatic N) is 2. The fraction of sp³-hybridized carbons (Fsp3) is 0.333. The second-order valence-electron chi connectivity index (χ2n) is 4.36. The minimum absolute atomic E-state index is 0.145. The molecule has 0 saturated carbocycles. The maximum Gasteiger partial charge on any atom is 0.325 e. The third-order valence-corrected chi connectivity index (χ3v) is 3.04. The van der Waals surface area contributed by atoms with Gasteiger partial charge in [0.2, 0.25) is 0 Å². The molecule has 5 nitrogen and oxygen atoms in total. The van der Waals surface area contributed by atoms with Crippen molar-refractivity contribution in [1.82, 2.24) is 4.98 Å². The van der Waals surface area contributed by atoms with Gasteiger partial charge >= 0.3 is 5.97 Å². The molecule has 0 radical (unpaired) electrons. The van der Waals surface area contributed by atoms with Crippen LogP contribution in [0.5, 0.6) is 5.75 Å². The largest absolute Gasteiger partial charge is 0.508 e. The van der Waals surface area contributed by atoms with Crippen LogP contribution in [0, 0.1) is 0 Å². The number of pyridine rings is 1. The van der Waals surface area contributed by atoms with Gasteiger partial charge in [-0.3, -0.25) is 4.79 Å². The lowest BCUT2D eigenvalue weighted by molar-refractivity contribution is -0.141. The number of fused-ring (bicyclic) bond motifs is 1. The molecular formula is C15H18N2O3. The van der Waals surface area contributed by atoms with Gasteiger partial charge in [0, 0.05) is 18.1 Å². The predicted octanol–water partition coefficient (Wildman–Crippen LogP) is 2.33. The van der Waals surface area contributed by atoms with Crippen LogP contribution in [-0.4, -0.2) is 35.8 Å². The third-order valence-electron chi connectivity index (χ3n) is 3.04. The summed E-state index contributed by atoms with van der Waals surface area (Å²) in [5.74, 6) is 0.571. The Balaban J connectivity index is 2.38. The van der Waals surface area contributed by atoms with E-state index in [0.29, 0.717) is 19.0 Å². The number of rotatable bonds is 5. The van der Waals surface area contributed by atoms with Gasteiger partial charge in [-0.15, -0.1) is 0 Å². The van der Waals surface area contributed by atoms with E-state index in [9.17, 15) is 9.90 Å². The maximum absolute atomic E-state index is 11.6. The number of aromatic nitrogens is 1. The van der Waals surface area contributed by atoms with Crippen LogP contribution in [-0.2, 0) is 9.53 Å². The smallest absolute Gasteiger partial charge is 0.325 e. The number of hydrogen-bond donors (Lipinski definition) is 1. The minimum atomic E-state index is -0.284. The number of benzene rings is 1. The van der Waals surface area contributed by atoms with E-state index in [0.717, 1.165) is 10.8 Å². The zero-order valence-electron chi connectivity index (χ0n) is 11.7. The quantitative estimate of drug-likeness (QED) is 0.848. The molecule has 1 aromatic carbocycles. The highest BCUT2D eigenvalue weighted by atomic mass is 16.5. The number of esters is 1. The Bertz CT molecular complexity index is 613. The number of phenolic OH excluding ortho intramolecular Hbond substituents is 1. The highest BCUT2D eigenvalue weighted by molar-refractivity contribution is 5.94. The average Bonchev–Trinajstić information content (AvgIpc) is 2.44. The van der Waals surface area contributed by atoms with E-state index in [4.69, 9.17) is 4.74 Å². The number of ether oxygens (including phenoxy) is 1. The number of anilines is 1. The first-order valence-electron chi connectivity index (χ1n) is 6.64. The predicted molar refractivity (Wildman–Crippen MR) is 77.9 cm³/mol. The second-order valence-corrected chi connectivity index (χ2v) is 4.36. The maximum atomic E-state index is 11.6. The Hall–Kier alpha value is -2.30. The van der Waals surface area contributed by atoms with E-state index in [2.05, 4.69) is 4.98 Å². The topological polar surface area (TPSA) is 62.7 Å². The molecule has 0 aliphatic rings. The fourth-order valence-corrected chi connectivity index (χ4v) is 2.09. The molecule has 2 aromatic rings. The molecule has 0 aliphatic carbocycles. The standard InChI is InChI=1S/C15H18N2O3/c1-3-17(10-14(19)20-4-2)15-13-9-12(18)6-5-11(13)7-8-16-15/h5-9,18H,3-4,10H2,1-2H3. The molecule has 0 atom stereocenters. The molecular weight excluding hydrogens is 256 g/mol. The molecule has 0 aliphatic heterocycles. The summed E-state index contributed by atoms with van der Waals surface area (Å²) in [4.78, 5) is 17.8. The molecule has 1 aromatic heterocycles. The number of likely N-dealkylation sites (N-methyl/N-ethyl adjacent to an activating group) is 1. The highest BCUT2D eigenvalue weighted by Crippen LogP contribution is 2.27. The van der Waals surface area contributed by atoms with Crippen molar-refractivity contribution in [1.29, 1.82) is 0 Å². The van der Waals surface area contributed by atoms with Crippen LogP contribution in [0.4, 0.5) is 5.82 Å². The van der Waals surface area contributed by atoms with Crippen molar-refractivity contribution in [2.75, 3.05) is 24.6 Å². The summed E-state index contributed by atoms with van der Waals surface area (Å²) < 4.78 is 4.97. The van der Waals surface area contributed by atoms with Crippen LogP contribution in [0.2, 0.25) is 0 Å². The fourth-order valence-electron chi connectivity index (χ4n) is 2.09. The van der Waals surface area contributed by atoms with Gasteiger partial charge in [0.05, 0.1) is 6.61 Å². The molecule has 20 heavy (non-hydrogen) atoms. The van der Waals surface area contributed by atoms with E-state index in [1.165, 1.54) is 0 Å². The number of carbonyl (C=O) groups excluding carboxylic acids is 1. The summed E-state index contributed by atoms with van der Waals surface area (Å²) in [7, 11) is 0. The summed E-state index contributed by atoms with van der Waals surface area (Å²) in [5.41, 5.74) is 0. The van der Waals surface area contributed by atoms with Crippen LogP contribution in [0.25, 0.3) is 10.8 Å². The van der Waals surface area contributed by atoms with Gasteiger partial charge in [-0.2, -0.15) is 0 Å². The van der Waals surface area contributed by atoms with Gasteiger partial charge in [0.25, 0.3) is 0 Å². The molecule has 0 fully saturated rings. The molecule has 106 valence electrons. The number of aromatic hydroxyl groups is 1. The number of hydrogen-bond acceptors (Lipinski definition) is 5. The van der Waals surface area contributed by atoms with Gasteiger partial charge in [0.15, 0.2) is 0 Å². The third kappa shape index (κ3) is 2.99. The lowest BCUT2D eigenvalue weighted by Crippen LogP contribution is -2.31. The summed E-state index contributed by atoms with van der Waals surface area (Å²) >= 11 is 0. The summed E-state index contributed by atoms with van der Waals surface area (Å²) in [6, 6.07) is 6.99. The molecule has 1 N–H and O–H groups in total. The SMILES string of the molecule is CCOC(=O)CN(CC)c1nccc2ccc(O)cc12. The molecule has 2 rings (SSSR count). The van der Waals surface area contributed by atoms with Crippen LogP contribution >= 0.6 is 0 Å². The summed E-state index contributed by atoms with van der Waals surface area (Å²) in [6.45, 7) is 4.86. The average molecular weight is 274 g/mol. The molecule has 0 spiro atoms. The highest BCUT2D eigenvalue weighted by Gasteiger charge is 2.14. The molecule has 5 heteroatoms. The first-order chi connectivity index (χ1) is 9.65. The van der Waals surface area contributed by atoms with Gasteiger partial charge in [0.1, 0.15) is 18.1 Å². The Kier molecular flexibility index (Phi) is 4.40. The Morgan fingerprint density at radius 2 is 2.15 bits per heavy atom. The van der Waals surface area contributed by atoms with Crippen molar-refractivity contribution in [3.63, 3.8) is 0 Å². The van der Waals surface area contributed by atoms with E-state index in [1.807, 2.05) is 24.0 Å². The number of phenols is 1. The van der Waals surface area contributed by atoms with E-state index < -0.39 is 0 Å². The monoisotopic (exact) mass is 274 g/mol. The molecule has 0 bridgehead atoms. The zero-order valence-corrected chi connectivity index (χ0v) is 11.7. The summed E-state index contributed by atoms with van der Waals surface area (Å²) in [5, 5.41) is 11.4. The van der Waals surface area contributed by atoms with Gasteiger partial charge in [-0.25, -0.2) is 4.98 Å². The van der Waals surface area contributed by atoms with Crippen molar-refractivity contribution in [3.8, 4) is 5.75 Å². The van der Waals surface area contributed by atoms with E-state index in [-0.39, 0.29) is 18.3 Å². The van der Waals surface area contributed by atoms with Crippen molar-refractivity contribution < 1.29 is 14.6 Å². The van der Waals surface area contributed by atoms with Crippen molar-refractivity contribution in [3.05, 3.63) is 30.5 Å². The Labute approximate surface area is 117 Å². The Morgan fingerprint density at radius 3 is 2.85 bits per heavy atom. The molecule has 0 saturated heterocycles. The second kappa shape index (κ2) is 6.23. The van der Waals surface area contributed by atoms with E-state index in [1.54, 1.807) is 25.3 Å². The molecule has 1 heterocycles. The van der Waals surface area contributed by atoms with E-state index >= 15 is 0 Å². The lowest BCUT2D eigenvalue weighted by Gasteiger charge is -2.22. The van der Waals surface area contributed by atoms with Crippen LogP contribution in [0.1, 0.15) is 13.8 Å². The van der Waals surface area contributed by atoms with Crippen LogP contribution < -0.4 is 4.90 Å². The van der Waals surface area contributed by atoms with Gasteiger partial charge in [-0.1, -0.05) is 6.07 Å². The van der Waals surface area contributed by atoms with Crippen molar-refractivity contribution >= 4 is 22.6 Å². The Morgan fingerprint density at radius 1 is 1.35 bits per heavy atom. The normalized spacial score (nSPS) is 10.5. The van der Waals surface area contributed by atoms with Crippen molar-refractivity contribution in [2.45, 2.75) is 13.8 Å².